The molecule has 94 valence electrons. The first-order valence-corrected chi connectivity index (χ1v) is 6.22. The first-order chi connectivity index (χ1) is 9.22. The quantitative estimate of drug-likeness (QED) is 0.749. The van der Waals surface area contributed by atoms with Crippen LogP contribution in [0.4, 0.5) is 9.93 Å². The van der Waals surface area contributed by atoms with Gasteiger partial charge in [-0.25, -0.2) is 14.8 Å². The van der Waals surface area contributed by atoms with Crippen molar-refractivity contribution in [2.24, 2.45) is 0 Å². The second-order valence-electron chi connectivity index (χ2n) is 3.71. The van der Waals surface area contributed by atoms with Crippen molar-refractivity contribution in [2.75, 3.05) is 5.32 Å². The summed E-state index contributed by atoms with van der Waals surface area (Å²) in [5.41, 5.74) is 2.36. The molecule has 0 atom stereocenters. The molecule has 0 aromatic carbocycles. The second kappa shape index (κ2) is 4.62. The molecule has 7 heteroatoms. The van der Waals surface area contributed by atoms with E-state index in [4.69, 9.17) is 5.11 Å². The number of aromatic nitrogens is 3. The van der Waals surface area contributed by atoms with E-state index < -0.39 is 6.09 Å². The van der Waals surface area contributed by atoms with Crippen LogP contribution < -0.4 is 5.32 Å². The zero-order valence-corrected chi connectivity index (χ0v) is 10.4. The molecule has 0 fully saturated rings. The largest absolute Gasteiger partial charge is 0.465 e. The van der Waals surface area contributed by atoms with Crippen molar-refractivity contribution in [1.82, 2.24) is 15.0 Å². The molecule has 1 amide bonds. The summed E-state index contributed by atoms with van der Waals surface area (Å²) < 4.78 is 0. The molecule has 3 aromatic rings. The molecular formula is C12H8N4O2S. The third-order valence-electron chi connectivity index (χ3n) is 2.43. The van der Waals surface area contributed by atoms with Gasteiger partial charge in [0.25, 0.3) is 0 Å². The van der Waals surface area contributed by atoms with Gasteiger partial charge in [0.1, 0.15) is 10.3 Å². The highest BCUT2D eigenvalue weighted by atomic mass is 32.1. The van der Waals surface area contributed by atoms with E-state index in [2.05, 4.69) is 20.3 Å². The lowest BCUT2D eigenvalue weighted by Gasteiger charge is -1.98. The Morgan fingerprint density at radius 3 is 2.89 bits per heavy atom. The minimum absolute atomic E-state index is 0.318. The summed E-state index contributed by atoms with van der Waals surface area (Å²) in [6, 6.07) is 7.40. The second-order valence-corrected chi connectivity index (χ2v) is 4.69. The van der Waals surface area contributed by atoms with E-state index in [9.17, 15) is 4.79 Å². The summed E-state index contributed by atoms with van der Waals surface area (Å²) in [6.07, 6.45) is 2.29. The Kier molecular flexibility index (Phi) is 2.81. The average molecular weight is 272 g/mol. The maximum absolute atomic E-state index is 10.6. The van der Waals surface area contributed by atoms with Gasteiger partial charge in [-0.1, -0.05) is 11.3 Å². The highest BCUT2D eigenvalue weighted by molar-refractivity contribution is 7.21. The van der Waals surface area contributed by atoms with E-state index in [0.717, 1.165) is 11.3 Å². The van der Waals surface area contributed by atoms with E-state index in [1.165, 1.54) is 11.3 Å². The SMILES string of the molecule is O=C(O)Nc1nc2ccc(-c3cccnc3)nc2s1. The van der Waals surface area contributed by atoms with Crippen molar-refractivity contribution in [3.8, 4) is 11.3 Å². The first-order valence-electron chi connectivity index (χ1n) is 5.40. The van der Waals surface area contributed by atoms with E-state index in [0.29, 0.717) is 15.5 Å². The minimum Gasteiger partial charge on any atom is -0.465 e. The molecule has 2 N–H and O–H groups in total. The maximum atomic E-state index is 10.6. The van der Waals surface area contributed by atoms with Gasteiger partial charge in [0.2, 0.25) is 0 Å². The zero-order chi connectivity index (χ0) is 13.2. The number of carbonyl (C=O) groups is 1. The number of nitrogens with one attached hydrogen (secondary N) is 1. The number of nitrogens with zero attached hydrogens (tertiary/aromatic N) is 3. The zero-order valence-electron chi connectivity index (χ0n) is 9.57. The number of hydrogen-bond donors (Lipinski definition) is 2. The lowest BCUT2D eigenvalue weighted by Crippen LogP contribution is -2.06. The van der Waals surface area contributed by atoms with Crippen LogP contribution in [0, 0.1) is 0 Å². The van der Waals surface area contributed by atoms with Crippen molar-refractivity contribution in [3.05, 3.63) is 36.7 Å². The summed E-state index contributed by atoms with van der Waals surface area (Å²) in [7, 11) is 0. The van der Waals surface area contributed by atoms with E-state index in [1.807, 2.05) is 24.3 Å². The molecule has 0 aliphatic heterocycles. The standard InChI is InChI=1S/C12H8N4O2S/c17-12(18)16-11-15-9-4-3-8(14-10(9)19-11)7-2-1-5-13-6-7/h1-6H,(H,15,16)(H,17,18). The predicted molar refractivity (Wildman–Crippen MR) is 72.3 cm³/mol. The monoisotopic (exact) mass is 272 g/mol. The molecule has 0 saturated carbocycles. The first kappa shape index (κ1) is 11.5. The fourth-order valence-electron chi connectivity index (χ4n) is 1.64. The molecule has 0 radical (unpaired) electrons. The fraction of sp³-hybridized carbons (Fsp3) is 0. The number of amides is 1. The summed E-state index contributed by atoms with van der Waals surface area (Å²) in [5, 5.41) is 11.2. The molecule has 19 heavy (non-hydrogen) atoms. The van der Waals surface area contributed by atoms with Crippen molar-refractivity contribution >= 4 is 32.9 Å². The van der Waals surface area contributed by atoms with Crippen LogP contribution in [-0.4, -0.2) is 26.2 Å². The summed E-state index contributed by atoms with van der Waals surface area (Å²) in [4.78, 5) is 23.9. The van der Waals surface area contributed by atoms with Crippen molar-refractivity contribution in [2.45, 2.75) is 0 Å². The topological polar surface area (TPSA) is 88.0 Å². The van der Waals surface area contributed by atoms with E-state index in [1.54, 1.807) is 12.4 Å². The van der Waals surface area contributed by atoms with Gasteiger partial charge in [0.15, 0.2) is 5.13 Å². The number of fused-ring (bicyclic) bond motifs is 1. The molecule has 0 aliphatic carbocycles. The summed E-state index contributed by atoms with van der Waals surface area (Å²) >= 11 is 1.20. The van der Waals surface area contributed by atoms with Gasteiger partial charge in [0, 0.05) is 18.0 Å². The Morgan fingerprint density at radius 1 is 1.26 bits per heavy atom. The number of anilines is 1. The average Bonchev–Trinajstić information content (AvgIpc) is 2.79. The summed E-state index contributed by atoms with van der Waals surface area (Å²) in [5.74, 6) is 0. The molecule has 0 spiro atoms. The van der Waals surface area contributed by atoms with Gasteiger partial charge < -0.3 is 5.11 Å². The molecule has 3 aromatic heterocycles. The number of thiazole rings is 1. The van der Waals surface area contributed by atoms with Crippen LogP contribution in [0.25, 0.3) is 21.6 Å². The van der Waals surface area contributed by atoms with Crippen LogP contribution in [-0.2, 0) is 0 Å². The Balaban J connectivity index is 2.03. The van der Waals surface area contributed by atoms with Gasteiger partial charge >= 0.3 is 6.09 Å². The predicted octanol–water partition coefficient (Wildman–Crippen LogP) is 2.84. The smallest absolute Gasteiger partial charge is 0.410 e. The van der Waals surface area contributed by atoms with Crippen molar-refractivity contribution in [3.63, 3.8) is 0 Å². The number of hydrogen-bond acceptors (Lipinski definition) is 5. The molecule has 3 rings (SSSR count). The number of rotatable bonds is 2. The van der Waals surface area contributed by atoms with Crippen LogP contribution in [0.15, 0.2) is 36.7 Å². The van der Waals surface area contributed by atoms with Crippen LogP contribution in [0.1, 0.15) is 0 Å². The van der Waals surface area contributed by atoms with Gasteiger partial charge in [-0.3, -0.25) is 10.3 Å². The van der Waals surface area contributed by atoms with Crippen LogP contribution in [0.3, 0.4) is 0 Å². The van der Waals surface area contributed by atoms with Crippen LogP contribution in [0.2, 0.25) is 0 Å². The highest BCUT2D eigenvalue weighted by Crippen LogP contribution is 2.27. The third-order valence-corrected chi connectivity index (χ3v) is 3.31. The number of pyridine rings is 2. The van der Waals surface area contributed by atoms with Gasteiger partial charge in [-0.2, -0.15) is 0 Å². The molecule has 0 bridgehead atoms. The Bertz CT molecular complexity index is 742. The highest BCUT2D eigenvalue weighted by Gasteiger charge is 2.08. The van der Waals surface area contributed by atoms with E-state index >= 15 is 0 Å². The Morgan fingerprint density at radius 2 is 2.16 bits per heavy atom. The molecule has 6 nitrogen and oxygen atoms in total. The van der Waals surface area contributed by atoms with Crippen LogP contribution in [0.5, 0.6) is 0 Å². The normalized spacial score (nSPS) is 10.5. The number of carboxylic acid groups (broad SMARTS) is 1. The Hall–Kier alpha value is -2.54. The molecular weight excluding hydrogens is 264 g/mol. The van der Waals surface area contributed by atoms with Crippen LogP contribution >= 0.6 is 11.3 Å². The third kappa shape index (κ3) is 2.36. The summed E-state index contributed by atoms with van der Waals surface area (Å²) in [6.45, 7) is 0. The Labute approximate surface area is 111 Å². The maximum Gasteiger partial charge on any atom is 0.410 e. The minimum atomic E-state index is -1.13. The van der Waals surface area contributed by atoms with Crippen molar-refractivity contribution < 1.29 is 9.90 Å². The van der Waals surface area contributed by atoms with E-state index in [-0.39, 0.29) is 0 Å². The van der Waals surface area contributed by atoms with Gasteiger partial charge in [-0.15, -0.1) is 0 Å². The van der Waals surface area contributed by atoms with Crippen molar-refractivity contribution in [1.29, 1.82) is 0 Å². The van der Waals surface area contributed by atoms with Gasteiger partial charge in [-0.05, 0) is 24.3 Å². The molecule has 0 unspecified atom stereocenters. The lowest BCUT2D eigenvalue weighted by atomic mass is 10.2. The molecule has 0 saturated heterocycles. The molecule has 0 aliphatic rings. The lowest BCUT2D eigenvalue weighted by molar-refractivity contribution is 0.210. The molecule has 3 heterocycles. The fourth-order valence-corrected chi connectivity index (χ4v) is 2.46. The van der Waals surface area contributed by atoms with Gasteiger partial charge in [0.05, 0.1) is 5.69 Å².